The lowest BCUT2D eigenvalue weighted by molar-refractivity contribution is -0.123. The zero-order valence-corrected chi connectivity index (χ0v) is 18.1. The number of esters is 1. The molecule has 0 spiro atoms. The third-order valence-electron chi connectivity index (χ3n) is 5.18. The van der Waals surface area contributed by atoms with E-state index in [0.717, 1.165) is 28.4 Å². The summed E-state index contributed by atoms with van der Waals surface area (Å²) in [6.45, 7) is 10.0. The molecule has 0 fully saturated rings. The number of hydrogen-bond donors (Lipinski definition) is 1. The molecule has 1 atom stereocenters. The summed E-state index contributed by atoms with van der Waals surface area (Å²) >= 11 is 0. The summed E-state index contributed by atoms with van der Waals surface area (Å²) in [6.07, 6.45) is 0.696. The van der Waals surface area contributed by atoms with E-state index in [9.17, 15) is 9.59 Å². The molecule has 0 aliphatic rings. The smallest absolute Gasteiger partial charge is 0.340 e. The van der Waals surface area contributed by atoms with E-state index in [-0.39, 0.29) is 11.8 Å². The molecule has 1 aromatic carbocycles. The van der Waals surface area contributed by atoms with Gasteiger partial charge in [0.2, 0.25) is 0 Å². The predicted octanol–water partition coefficient (Wildman–Crippen LogP) is 5.05. The maximum Gasteiger partial charge on any atom is 0.340 e. The van der Waals surface area contributed by atoms with E-state index in [1.54, 1.807) is 19.3 Å². The minimum Gasteiger partial charge on any atom is -0.467 e. The fourth-order valence-corrected chi connectivity index (χ4v) is 3.44. The quantitative estimate of drug-likeness (QED) is 0.555. The zero-order valence-electron chi connectivity index (χ0n) is 18.1. The van der Waals surface area contributed by atoms with Crippen LogP contribution in [0.1, 0.15) is 59.8 Å². The summed E-state index contributed by atoms with van der Waals surface area (Å²) in [4.78, 5) is 25.4. The van der Waals surface area contributed by atoms with Gasteiger partial charge in [0.15, 0.2) is 6.10 Å². The number of aromatic nitrogens is 1. The summed E-state index contributed by atoms with van der Waals surface area (Å²) in [5.74, 6) is 0.182. The van der Waals surface area contributed by atoms with Crippen molar-refractivity contribution in [1.82, 2.24) is 4.57 Å². The lowest BCUT2D eigenvalue weighted by Crippen LogP contribution is -2.30. The van der Waals surface area contributed by atoms with E-state index in [1.807, 2.05) is 54.8 Å². The van der Waals surface area contributed by atoms with E-state index in [0.29, 0.717) is 12.1 Å². The van der Waals surface area contributed by atoms with Crippen molar-refractivity contribution in [3.63, 3.8) is 0 Å². The molecule has 2 heterocycles. The second-order valence-corrected chi connectivity index (χ2v) is 7.73. The first kappa shape index (κ1) is 21.4. The van der Waals surface area contributed by atoms with Crippen molar-refractivity contribution < 1.29 is 18.7 Å². The Morgan fingerprint density at radius 2 is 1.83 bits per heavy atom. The molecule has 0 bridgehead atoms. The first-order valence-corrected chi connectivity index (χ1v) is 10.1. The van der Waals surface area contributed by atoms with Gasteiger partial charge in [0.25, 0.3) is 5.91 Å². The van der Waals surface area contributed by atoms with Gasteiger partial charge < -0.3 is 19.0 Å². The molecular formula is C24H28N2O4. The van der Waals surface area contributed by atoms with Crippen molar-refractivity contribution in [3.05, 3.63) is 77.0 Å². The average molecular weight is 408 g/mol. The molecule has 3 aromatic rings. The maximum absolute atomic E-state index is 12.7. The highest BCUT2D eigenvalue weighted by atomic mass is 16.5. The standard InChI is InChI=1S/C24H28N2O4/c1-15(2)20-10-6-7-11-22(20)25-23(27)18(5)30-24(28)21-13-16(3)26(17(21)4)14-19-9-8-12-29-19/h6-13,15,18H,14H2,1-5H3,(H,25,27)/t18-/m0/s1. The van der Waals surface area contributed by atoms with E-state index in [4.69, 9.17) is 9.15 Å². The van der Waals surface area contributed by atoms with Crippen LogP contribution in [-0.2, 0) is 16.1 Å². The monoisotopic (exact) mass is 408 g/mol. The fourth-order valence-electron chi connectivity index (χ4n) is 3.44. The highest BCUT2D eigenvalue weighted by molar-refractivity contribution is 5.98. The number of para-hydroxylation sites is 1. The number of aryl methyl sites for hydroxylation is 1. The number of furan rings is 1. The summed E-state index contributed by atoms with van der Waals surface area (Å²) < 4.78 is 12.9. The van der Waals surface area contributed by atoms with E-state index in [2.05, 4.69) is 19.2 Å². The Hall–Kier alpha value is -3.28. The number of hydrogen-bond acceptors (Lipinski definition) is 4. The largest absolute Gasteiger partial charge is 0.467 e. The number of ether oxygens (including phenoxy) is 1. The normalized spacial score (nSPS) is 12.1. The Morgan fingerprint density at radius 3 is 2.50 bits per heavy atom. The molecule has 158 valence electrons. The number of nitrogens with zero attached hydrogens (tertiary/aromatic N) is 1. The molecule has 3 rings (SSSR count). The van der Waals surface area contributed by atoms with E-state index >= 15 is 0 Å². The first-order valence-electron chi connectivity index (χ1n) is 10.1. The minimum absolute atomic E-state index is 0.263. The molecule has 6 heteroatoms. The highest BCUT2D eigenvalue weighted by Crippen LogP contribution is 2.24. The summed E-state index contributed by atoms with van der Waals surface area (Å²) in [6, 6.07) is 13.1. The Bertz CT molecular complexity index is 1030. The Morgan fingerprint density at radius 1 is 1.10 bits per heavy atom. The Labute approximate surface area is 176 Å². The third kappa shape index (κ3) is 4.64. The predicted molar refractivity (Wildman–Crippen MR) is 116 cm³/mol. The second kappa shape index (κ2) is 9.03. The maximum atomic E-state index is 12.7. The van der Waals surface area contributed by atoms with Crippen molar-refractivity contribution in [3.8, 4) is 0 Å². The van der Waals surface area contributed by atoms with Crippen LogP contribution >= 0.6 is 0 Å². The number of carbonyl (C=O) groups excluding carboxylic acids is 2. The van der Waals surface area contributed by atoms with E-state index in [1.165, 1.54) is 0 Å². The van der Waals surface area contributed by atoms with Crippen LogP contribution in [0.5, 0.6) is 0 Å². The van der Waals surface area contributed by atoms with Crippen molar-refractivity contribution in [2.24, 2.45) is 0 Å². The van der Waals surface area contributed by atoms with Gasteiger partial charge in [-0.2, -0.15) is 0 Å². The molecule has 2 aromatic heterocycles. The molecule has 0 unspecified atom stereocenters. The molecule has 0 saturated heterocycles. The molecule has 0 radical (unpaired) electrons. The van der Waals surface area contributed by atoms with Gasteiger partial charge in [-0.15, -0.1) is 0 Å². The van der Waals surface area contributed by atoms with Crippen LogP contribution in [0.4, 0.5) is 5.69 Å². The van der Waals surface area contributed by atoms with Crippen molar-refractivity contribution in [1.29, 1.82) is 0 Å². The van der Waals surface area contributed by atoms with E-state index < -0.39 is 12.1 Å². The SMILES string of the molecule is Cc1cc(C(=O)O[C@@H](C)C(=O)Nc2ccccc2C(C)C)c(C)n1Cc1ccco1. The number of carbonyl (C=O) groups is 2. The van der Waals surface area contributed by atoms with Crippen LogP contribution in [0.25, 0.3) is 0 Å². The molecule has 0 saturated carbocycles. The van der Waals surface area contributed by atoms with Crippen LogP contribution in [0.15, 0.2) is 53.1 Å². The molecule has 30 heavy (non-hydrogen) atoms. The number of anilines is 1. The summed E-state index contributed by atoms with van der Waals surface area (Å²) in [5.41, 5.74) is 3.90. The van der Waals surface area contributed by atoms with Crippen LogP contribution in [0.2, 0.25) is 0 Å². The average Bonchev–Trinajstić information content (AvgIpc) is 3.32. The first-order chi connectivity index (χ1) is 14.3. The van der Waals surface area contributed by atoms with Crippen molar-refractivity contribution in [2.75, 3.05) is 5.32 Å². The van der Waals surface area contributed by atoms with Gasteiger partial charge in [0, 0.05) is 17.1 Å². The molecule has 0 aliphatic heterocycles. The van der Waals surface area contributed by atoms with Crippen LogP contribution in [0.3, 0.4) is 0 Å². The minimum atomic E-state index is -0.925. The molecule has 1 N–H and O–H groups in total. The van der Waals surface area contributed by atoms with Crippen molar-refractivity contribution >= 4 is 17.6 Å². The van der Waals surface area contributed by atoms with Gasteiger partial charge in [-0.1, -0.05) is 32.0 Å². The number of benzene rings is 1. The van der Waals surface area contributed by atoms with Crippen LogP contribution < -0.4 is 5.32 Å². The number of amides is 1. The highest BCUT2D eigenvalue weighted by Gasteiger charge is 2.23. The second-order valence-electron chi connectivity index (χ2n) is 7.73. The number of rotatable bonds is 7. The molecular weight excluding hydrogens is 380 g/mol. The Balaban J connectivity index is 1.69. The zero-order chi connectivity index (χ0) is 21.8. The number of nitrogens with one attached hydrogen (secondary N) is 1. The Kier molecular flexibility index (Phi) is 6.45. The summed E-state index contributed by atoms with van der Waals surface area (Å²) in [7, 11) is 0. The lowest BCUT2D eigenvalue weighted by Gasteiger charge is -2.17. The topological polar surface area (TPSA) is 73.5 Å². The molecule has 6 nitrogen and oxygen atoms in total. The summed E-state index contributed by atoms with van der Waals surface area (Å²) in [5, 5.41) is 2.88. The van der Waals surface area contributed by atoms with Gasteiger partial charge in [-0.05, 0) is 56.5 Å². The van der Waals surface area contributed by atoms with Gasteiger partial charge in [-0.3, -0.25) is 4.79 Å². The lowest BCUT2D eigenvalue weighted by atomic mass is 10.0. The third-order valence-corrected chi connectivity index (χ3v) is 5.18. The molecule has 1 amide bonds. The van der Waals surface area contributed by atoms with Gasteiger partial charge >= 0.3 is 5.97 Å². The van der Waals surface area contributed by atoms with Gasteiger partial charge in [0.05, 0.1) is 18.4 Å². The van der Waals surface area contributed by atoms with Gasteiger partial charge in [-0.25, -0.2) is 4.79 Å². The van der Waals surface area contributed by atoms with Crippen molar-refractivity contribution in [2.45, 2.75) is 53.2 Å². The van der Waals surface area contributed by atoms with Crippen LogP contribution in [0, 0.1) is 13.8 Å². The molecule has 0 aliphatic carbocycles. The van der Waals surface area contributed by atoms with Crippen LogP contribution in [-0.4, -0.2) is 22.5 Å². The van der Waals surface area contributed by atoms with Gasteiger partial charge in [0.1, 0.15) is 5.76 Å². The fraction of sp³-hybridized carbons (Fsp3) is 0.333.